The van der Waals surface area contributed by atoms with Crippen LogP contribution < -0.4 is 5.32 Å². The van der Waals surface area contributed by atoms with Crippen LogP contribution >= 0.6 is 0 Å². The molecule has 0 fully saturated rings. The first kappa shape index (κ1) is 28.8. The molecule has 1 N–H and O–H groups in total. The lowest BCUT2D eigenvalue weighted by Crippen LogP contribution is -2.36. The van der Waals surface area contributed by atoms with Gasteiger partial charge in [0.25, 0.3) is 0 Å². The highest BCUT2D eigenvalue weighted by molar-refractivity contribution is 6.23. The lowest BCUT2D eigenvalue weighted by molar-refractivity contribution is 0.668. The van der Waals surface area contributed by atoms with E-state index in [-0.39, 0.29) is 0 Å². The van der Waals surface area contributed by atoms with Crippen LogP contribution in [0.5, 0.6) is 0 Å². The Balaban J connectivity index is 1.03. The van der Waals surface area contributed by atoms with Gasteiger partial charge in [-0.2, -0.15) is 0 Å². The van der Waals surface area contributed by atoms with Crippen molar-refractivity contribution in [1.82, 2.24) is 10.3 Å². The summed E-state index contributed by atoms with van der Waals surface area (Å²) in [5.74, 6) is 1.53. The Morgan fingerprint density at radius 3 is 2.10 bits per heavy atom. The van der Waals surface area contributed by atoms with Crippen LogP contribution in [0.15, 0.2) is 177 Å². The van der Waals surface area contributed by atoms with Crippen molar-refractivity contribution in [3.8, 4) is 11.3 Å². The number of nitrogens with zero attached hydrogens (tertiary/aromatic N) is 3. The molecule has 4 heterocycles. The number of pyridine rings is 1. The minimum absolute atomic E-state index is 0.452. The van der Waals surface area contributed by atoms with Crippen molar-refractivity contribution < 1.29 is 8.83 Å². The van der Waals surface area contributed by atoms with E-state index in [1.165, 1.54) is 5.39 Å². The number of fused-ring (bicyclic) bond motifs is 8. The monoisotopic (exact) mass is 668 g/mol. The van der Waals surface area contributed by atoms with Crippen LogP contribution in [0, 0.1) is 0 Å². The molecule has 7 aromatic carbocycles. The summed E-state index contributed by atoms with van der Waals surface area (Å²) in [4.78, 5) is 15.3. The first-order valence-corrected chi connectivity index (χ1v) is 17.4. The lowest BCUT2D eigenvalue weighted by Gasteiger charge is -2.23. The Labute approximate surface area is 297 Å². The molecule has 10 aromatic rings. The minimum atomic E-state index is -0.452. The molecule has 3 aromatic heterocycles. The van der Waals surface area contributed by atoms with Gasteiger partial charge in [-0.25, -0.2) is 9.98 Å². The summed E-state index contributed by atoms with van der Waals surface area (Å²) in [5.41, 5.74) is 8.29. The molecule has 0 saturated carbocycles. The number of aromatic nitrogens is 1. The second-order valence-electron chi connectivity index (χ2n) is 13.2. The molecular formula is C46H28N4O2. The van der Waals surface area contributed by atoms with E-state index >= 15 is 0 Å². The van der Waals surface area contributed by atoms with Crippen LogP contribution in [-0.2, 0) is 0 Å². The molecule has 0 amide bonds. The van der Waals surface area contributed by atoms with Gasteiger partial charge in [0.2, 0.25) is 0 Å². The summed E-state index contributed by atoms with van der Waals surface area (Å²) in [6.07, 6.45) is 1.38. The third-order valence-electron chi connectivity index (χ3n) is 10.1. The Morgan fingerprint density at radius 1 is 0.462 bits per heavy atom. The molecule has 244 valence electrons. The number of hydrogen-bond donors (Lipinski definition) is 1. The van der Waals surface area contributed by atoms with Crippen LogP contribution in [0.25, 0.3) is 76.7 Å². The number of furan rings is 2. The third-order valence-corrected chi connectivity index (χ3v) is 10.1. The summed E-state index contributed by atoms with van der Waals surface area (Å²) < 4.78 is 12.6. The molecule has 11 rings (SSSR count). The molecule has 1 aliphatic heterocycles. The predicted octanol–water partition coefficient (Wildman–Crippen LogP) is 11.3. The van der Waals surface area contributed by atoms with Crippen molar-refractivity contribution >= 4 is 77.1 Å². The highest BCUT2D eigenvalue weighted by Gasteiger charge is 2.24. The van der Waals surface area contributed by atoms with Crippen molar-refractivity contribution in [3.05, 3.63) is 175 Å². The van der Waals surface area contributed by atoms with Crippen molar-refractivity contribution in [2.24, 2.45) is 9.98 Å². The standard InChI is InChI=1S/C46H28N4O2/c1-2-9-27(10-3-1)44-48-45(50-46(49-44)35-14-8-16-38-41(35)34-13-6-7-15-37(34)51-38)33-20-18-30-23-32(19-17-31(30)24-33)43-42-36-25-28-11-4-5-12-29(28)26-40(36)52-39(42)21-22-47-43/h1-26,45H,(H,48,49,50). The number of para-hydroxylation sites is 1. The maximum atomic E-state index is 6.34. The maximum absolute atomic E-state index is 6.34. The van der Waals surface area contributed by atoms with Crippen LogP contribution in [0.4, 0.5) is 0 Å². The normalized spacial score (nSPS) is 14.7. The van der Waals surface area contributed by atoms with Crippen molar-refractivity contribution in [1.29, 1.82) is 0 Å². The zero-order valence-electron chi connectivity index (χ0n) is 27.7. The molecule has 1 atom stereocenters. The fourth-order valence-electron chi connectivity index (χ4n) is 7.65. The Kier molecular flexibility index (Phi) is 6.21. The molecular weight excluding hydrogens is 641 g/mol. The van der Waals surface area contributed by atoms with E-state index in [1.807, 2.05) is 60.8 Å². The topological polar surface area (TPSA) is 75.9 Å². The van der Waals surface area contributed by atoms with Crippen LogP contribution in [0.2, 0.25) is 0 Å². The molecule has 0 spiro atoms. The van der Waals surface area contributed by atoms with Crippen molar-refractivity contribution in [2.45, 2.75) is 6.17 Å². The van der Waals surface area contributed by atoms with E-state index < -0.39 is 6.17 Å². The van der Waals surface area contributed by atoms with E-state index in [9.17, 15) is 0 Å². The molecule has 0 aliphatic carbocycles. The summed E-state index contributed by atoms with van der Waals surface area (Å²) in [6.45, 7) is 0. The quantitative estimate of drug-likeness (QED) is 0.202. The number of amidine groups is 2. The van der Waals surface area contributed by atoms with Gasteiger partial charge in [0.1, 0.15) is 34.0 Å². The maximum Gasteiger partial charge on any atom is 0.169 e. The van der Waals surface area contributed by atoms with Crippen LogP contribution in [0.1, 0.15) is 22.9 Å². The van der Waals surface area contributed by atoms with Gasteiger partial charge in [-0.3, -0.25) is 4.98 Å². The van der Waals surface area contributed by atoms with Crippen LogP contribution in [0.3, 0.4) is 0 Å². The summed E-state index contributed by atoms with van der Waals surface area (Å²) in [5, 5.41) is 12.3. The van der Waals surface area contributed by atoms with Gasteiger partial charge in [0.05, 0.1) is 11.1 Å². The molecule has 0 saturated heterocycles. The van der Waals surface area contributed by atoms with Gasteiger partial charge < -0.3 is 14.2 Å². The predicted molar refractivity (Wildman–Crippen MR) is 211 cm³/mol. The van der Waals surface area contributed by atoms with Crippen molar-refractivity contribution in [3.63, 3.8) is 0 Å². The Morgan fingerprint density at radius 2 is 1.17 bits per heavy atom. The molecule has 52 heavy (non-hydrogen) atoms. The van der Waals surface area contributed by atoms with E-state index in [0.29, 0.717) is 0 Å². The molecule has 0 bridgehead atoms. The minimum Gasteiger partial charge on any atom is -0.456 e. The van der Waals surface area contributed by atoms with Gasteiger partial charge in [0, 0.05) is 39.0 Å². The second-order valence-corrected chi connectivity index (χ2v) is 13.2. The third kappa shape index (κ3) is 4.55. The highest BCUT2D eigenvalue weighted by Crippen LogP contribution is 2.39. The van der Waals surface area contributed by atoms with Gasteiger partial charge in [-0.05, 0) is 69.6 Å². The average Bonchev–Trinajstić information content (AvgIpc) is 3.77. The molecule has 0 radical (unpaired) electrons. The smallest absolute Gasteiger partial charge is 0.169 e. The number of nitrogens with one attached hydrogen (secondary N) is 1. The zero-order valence-corrected chi connectivity index (χ0v) is 27.7. The van der Waals surface area contributed by atoms with Gasteiger partial charge in [-0.1, -0.05) is 109 Å². The number of benzene rings is 7. The van der Waals surface area contributed by atoms with Gasteiger partial charge >= 0.3 is 0 Å². The largest absolute Gasteiger partial charge is 0.456 e. The molecule has 6 heteroatoms. The van der Waals surface area contributed by atoms with E-state index in [1.54, 1.807) is 0 Å². The highest BCUT2D eigenvalue weighted by atomic mass is 16.3. The van der Waals surface area contributed by atoms with Crippen LogP contribution in [-0.4, -0.2) is 16.7 Å². The summed E-state index contributed by atoms with van der Waals surface area (Å²) in [7, 11) is 0. The fraction of sp³-hybridized carbons (Fsp3) is 0.0217. The first-order chi connectivity index (χ1) is 25.7. The van der Waals surface area contributed by atoms with E-state index in [2.05, 4.69) is 102 Å². The number of rotatable bonds is 4. The average molecular weight is 669 g/mol. The van der Waals surface area contributed by atoms with Gasteiger partial charge in [0.15, 0.2) is 6.17 Å². The lowest BCUT2D eigenvalue weighted by atomic mass is 9.98. The molecule has 1 aliphatic rings. The second kappa shape index (κ2) is 11.2. The summed E-state index contributed by atoms with van der Waals surface area (Å²) in [6, 6.07) is 52.2. The summed E-state index contributed by atoms with van der Waals surface area (Å²) >= 11 is 0. The fourth-order valence-corrected chi connectivity index (χ4v) is 7.65. The van der Waals surface area contributed by atoms with E-state index in [0.717, 1.165) is 99.7 Å². The number of aliphatic imine (C=N–C) groups is 2. The first-order valence-electron chi connectivity index (χ1n) is 17.4. The van der Waals surface area contributed by atoms with Crippen molar-refractivity contribution in [2.75, 3.05) is 0 Å². The zero-order chi connectivity index (χ0) is 34.2. The Bertz CT molecular complexity index is 3120. The van der Waals surface area contributed by atoms with Gasteiger partial charge in [-0.15, -0.1) is 0 Å². The number of hydrogen-bond acceptors (Lipinski definition) is 6. The Hall–Kier alpha value is -7.05. The molecule has 1 unspecified atom stereocenters. The molecule has 6 nitrogen and oxygen atoms in total. The SMILES string of the molecule is c1ccc(C2=NC(c3ccc4cc(-c5nccc6oc7cc8ccccc8cc7c56)ccc4c3)N=C(c3cccc4oc5ccccc5c34)N2)cc1. The van der Waals surface area contributed by atoms with E-state index in [4.69, 9.17) is 23.8 Å².